The zero-order valence-electron chi connectivity index (χ0n) is 12.8. The number of rotatable bonds is 11. The summed E-state index contributed by atoms with van der Waals surface area (Å²) in [5.74, 6) is 2.91. The molecule has 0 aliphatic heterocycles. The van der Waals surface area contributed by atoms with Gasteiger partial charge in [-0.15, -0.1) is 0 Å². The van der Waals surface area contributed by atoms with E-state index >= 15 is 0 Å². The van der Waals surface area contributed by atoms with Gasteiger partial charge in [0.2, 0.25) is 0 Å². The molecule has 0 amide bonds. The fraction of sp³-hybridized carbons (Fsp3) is 0.867. The summed E-state index contributed by atoms with van der Waals surface area (Å²) in [7, 11) is 0. The summed E-state index contributed by atoms with van der Waals surface area (Å²) >= 11 is 0. The molecule has 0 aromatic heterocycles. The lowest BCUT2D eigenvalue weighted by molar-refractivity contribution is -0.343. The van der Waals surface area contributed by atoms with Crippen LogP contribution in [0, 0.1) is 12.0 Å². The predicted molar refractivity (Wildman–Crippen MR) is 75.0 cm³/mol. The lowest BCUT2D eigenvalue weighted by Gasteiger charge is -2.21. The van der Waals surface area contributed by atoms with Gasteiger partial charge in [0.15, 0.2) is 11.7 Å². The first-order chi connectivity index (χ1) is 9.18. The normalized spacial score (nSPS) is 13.5. The highest BCUT2D eigenvalue weighted by atomic mass is 17.2. The summed E-state index contributed by atoms with van der Waals surface area (Å²) in [6, 6.07) is 0. The van der Waals surface area contributed by atoms with E-state index in [2.05, 4.69) is 32.8 Å². The third kappa shape index (κ3) is 10.8. The third-order valence-corrected chi connectivity index (χ3v) is 2.55. The summed E-state index contributed by atoms with van der Waals surface area (Å²) in [4.78, 5) is 20.3. The van der Waals surface area contributed by atoms with Crippen molar-refractivity contribution in [1.29, 1.82) is 0 Å². The van der Waals surface area contributed by atoms with Gasteiger partial charge in [-0.1, -0.05) is 40.0 Å². The molecular weight excluding hydrogens is 244 g/mol. The Morgan fingerprint density at radius 1 is 0.895 bits per heavy atom. The van der Waals surface area contributed by atoms with Gasteiger partial charge >= 0.3 is 0 Å². The van der Waals surface area contributed by atoms with Crippen molar-refractivity contribution in [2.45, 2.75) is 71.8 Å². The van der Waals surface area contributed by atoms with E-state index in [0.717, 1.165) is 38.5 Å². The standard InChI is InChI=1S/C15H28O4/c1-5-8-12-16-17-14-11-15(4,10-7-3)19-18-13-9-6-2/h5-10,12-13H2,1-4H3. The van der Waals surface area contributed by atoms with Crippen LogP contribution < -0.4 is 0 Å². The summed E-state index contributed by atoms with van der Waals surface area (Å²) in [5, 5.41) is 0. The van der Waals surface area contributed by atoms with Gasteiger partial charge in [-0.2, -0.15) is 4.89 Å². The van der Waals surface area contributed by atoms with Crippen LogP contribution in [0.5, 0.6) is 0 Å². The second-order valence-corrected chi connectivity index (χ2v) is 4.73. The lowest BCUT2D eigenvalue weighted by Crippen LogP contribution is -2.27. The molecule has 1 atom stereocenters. The van der Waals surface area contributed by atoms with Gasteiger partial charge in [0.25, 0.3) is 0 Å². The Bertz CT molecular complexity index is 257. The van der Waals surface area contributed by atoms with Crippen LogP contribution in [0.4, 0.5) is 0 Å². The van der Waals surface area contributed by atoms with E-state index in [9.17, 15) is 0 Å². The van der Waals surface area contributed by atoms with E-state index in [0.29, 0.717) is 13.2 Å². The first-order valence-electron chi connectivity index (χ1n) is 7.29. The second kappa shape index (κ2) is 12.3. The molecule has 4 heteroatoms. The molecule has 0 saturated carbocycles. The summed E-state index contributed by atoms with van der Waals surface area (Å²) in [6.45, 7) is 9.32. The summed E-state index contributed by atoms with van der Waals surface area (Å²) in [6.07, 6.45) is 8.36. The molecule has 0 fully saturated rings. The van der Waals surface area contributed by atoms with E-state index in [-0.39, 0.29) is 0 Å². The van der Waals surface area contributed by atoms with Crippen LogP contribution in [0.1, 0.15) is 66.2 Å². The zero-order valence-corrected chi connectivity index (χ0v) is 12.8. The van der Waals surface area contributed by atoms with Crippen molar-refractivity contribution in [3.05, 3.63) is 0 Å². The molecule has 112 valence electrons. The Hall–Kier alpha value is -0.760. The molecule has 19 heavy (non-hydrogen) atoms. The maximum absolute atomic E-state index is 5.39. The average molecular weight is 272 g/mol. The van der Waals surface area contributed by atoms with Crippen molar-refractivity contribution in [2.75, 3.05) is 13.2 Å². The van der Waals surface area contributed by atoms with Crippen LogP contribution in [0.25, 0.3) is 0 Å². The fourth-order valence-electron chi connectivity index (χ4n) is 1.38. The molecule has 0 spiro atoms. The van der Waals surface area contributed by atoms with Crippen molar-refractivity contribution in [1.82, 2.24) is 0 Å². The van der Waals surface area contributed by atoms with Gasteiger partial charge < -0.3 is 0 Å². The van der Waals surface area contributed by atoms with E-state index in [1.165, 1.54) is 0 Å². The highest BCUT2D eigenvalue weighted by Crippen LogP contribution is 2.17. The lowest BCUT2D eigenvalue weighted by atomic mass is 10.0. The minimum atomic E-state index is -0.642. The Kier molecular flexibility index (Phi) is 11.8. The topological polar surface area (TPSA) is 36.9 Å². The molecule has 0 aliphatic carbocycles. The number of hydrogen-bond acceptors (Lipinski definition) is 4. The van der Waals surface area contributed by atoms with Crippen LogP contribution >= 0.6 is 0 Å². The molecule has 0 heterocycles. The maximum atomic E-state index is 5.39. The molecule has 0 N–H and O–H groups in total. The second-order valence-electron chi connectivity index (χ2n) is 4.73. The molecule has 0 aliphatic rings. The Morgan fingerprint density at radius 2 is 1.53 bits per heavy atom. The van der Waals surface area contributed by atoms with Gasteiger partial charge in [-0.05, 0) is 32.1 Å². The SMILES string of the molecule is CCCCOOC#CC(C)(CCC)OOCCCC. The van der Waals surface area contributed by atoms with Crippen LogP contribution in [-0.4, -0.2) is 18.8 Å². The Labute approximate surface area is 117 Å². The third-order valence-electron chi connectivity index (χ3n) is 2.55. The fourth-order valence-corrected chi connectivity index (χ4v) is 1.38. The smallest absolute Gasteiger partial charge is 0.164 e. The van der Waals surface area contributed by atoms with Crippen molar-refractivity contribution in [3.8, 4) is 12.0 Å². The Morgan fingerprint density at radius 3 is 2.11 bits per heavy atom. The molecule has 0 rings (SSSR count). The van der Waals surface area contributed by atoms with Crippen LogP contribution in [0.3, 0.4) is 0 Å². The van der Waals surface area contributed by atoms with E-state index in [1.54, 1.807) is 0 Å². The van der Waals surface area contributed by atoms with Gasteiger partial charge in [0, 0.05) is 0 Å². The molecule has 0 radical (unpaired) electrons. The quantitative estimate of drug-likeness (QED) is 0.246. The molecule has 0 aromatic carbocycles. The number of hydrogen-bond donors (Lipinski definition) is 0. The van der Waals surface area contributed by atoms with Crippen LogP contribution in [0.15, 0.2) is 0 Å². The Balaban J connectivity index is 4.02. The maximum Gasteiger partial charge on any atom is 0.164 e. The van der Waals surface area contributed by atoms with Gasteiger partial charge in [0.1, 0.15) is 0 Å². The minimum Gasteiger partial charge on any atom is -0.282 e. The zero-order chi connectivity index (χ0) is 14.4. The predicted octanol–water partition coefficient (Wildman–Crippen LogP) is 4.00. The van der Waals surface area contributed by atoms with E-state index < -0.39 is 5.60 Å². The minimum absolute atomic E-state index is 0.559. The highest BCUT2D eigenvalue weighted by Gasteiger charge is 2.23. The van der Waals surface area contributed by atoms with E-state index in [4.69, 9.17) is 19.6 Å². The number of unbranched alkanes of at least 4 members (excludes halogenated alkanes) is 2. The van der Waals surface area contributed by atoms with Gasteiger partial charge in [-0.25, -0.2) is 9.78 Å². The van der Waals surface area contributed by atoms with Crippen molar-refractivity contribution < 1.29 is 19.6 Å². The molecule has 0 aromatic rings. The molecule has 0 bridgehead atoms. The first kappa shape index (κ1) is 18.2. The van der Waals surface area contributed by atoms with Crippen molar-refractivity contribution in [3.63, 3.8) is 0 Å². The molecule has 4 nitrogen and oxygen atoms in total. The van der Waals surface area contributed by atoms with Crippen molar-refractivity contribution in [2.24, 2.45) is 0 Å². The summed E-state index contributed by atoms with van der Waals surface area (Å²) < 4.78 is 0. The van der Waals surface area contributed by atoms with Crippen LogP contribution in [0.2, 0.25) is 0 Å². The monoisotopic (exact) mass is 272 g/mol. The van der Waals surface area contributed by atoms with Crippen molar-refractivity contribution >= 4 is 0 Å². The van der Waals surface area contributed by atoms with Gasteiger partial charge in [-0.3, -0.25) is 4.89 Å². The molecule has 1 unspecified atom stereocenters. The molecular formula is C15H28O4. The summed E-state index contributed by atoms with van der Waals surface area (Å²) in [5.41, 5.74) is -0.642. The average Bonchev–Trinajstić information content (AvgIpc) is 2.39. The van der Waals surface area contributed by atoms with Gasteiger partial charge in [0.05, 0.1) is 13.2 Å². The largest absolute Gasteiger partial charge is 0.282 e. The van der Waals surface area contributed by atoms with E-state index in [1.807, 2.05) is 6.92 Å². The van der Waals surface area contributed by atoms with Crippen LogP contribution in [-0.2, 0) is 19.6 Å². The highest BCUT2D eigenvalue weighted by molar-refractivity contribution is 5.08. The first-order valence-corrected chi connectivity index (χ1v) is 7.29. The molecule has 0 saturated heterocycles.